The summed E-state index contributed by atoms with van der Waals surface area (Å²) in [5, 5.41) is 12.0. The lowest BCUT2D eigenvalue weighted by molar-refractivity contribution is 0.251. The molecule has 0 bridgehead atoms. The molecule has 0 amide bonds. The molecule has 1 rings (SSSR count). The summed E-state index contributed by atoms with van der Waals surface area (Å²) >= 11 is 0. The largest absolute Gasteiger partial charge is 0.497 e. The predicted octanol–water partition coefficient (Wildman–Crippen LogP) is 1.96. The van der Waals surface area contributed by atoms with Gasteiger partial charge < -0.3 is 19.9 Å². The first-order valence-electron chi connectivity index (χ1n) is 6.43. The lowest BCUT2D eigenvalue weighted by Crippen LogP contribution is -2.13. The van der Waals surface area contributed by atoms with Gasteiger partial charge in [-0.3, -0.25) is 0 Å². The Labute approximate surface area is 109 Å². The molecule has 18 heavy (non-hydrogen) atoms. The molecule has 0 aliphatic rings. The highest BCUT2D eigenvalue weighted by Crippen LogP contribution is 2.25. The molecule has 1 aromatic rings. The van der Waals surface area contributed by atoms with Crippen molar-refractivity contribution in [2.24, 2.45) is 0 Å². The summed E-state index contributed by atoms with van der Waals surface area (Å²) in [6, 6.07) is 5.86. The van der Waals surface area contributed by atoms with Crippen LogP contribution in [-0.2, 0) is 6.54 Å². The van der Waals surface area contributed by atoms with Crippen LogP contribution in [0.15, 0.2) is 18.2 Å². The number of ether oxygens (including phenoxy) is 2. The standard InChI is InChI=1S/C14H23NO3/c1-3-15-11-12-6-7-13(17-2)10-14(12)18-9-5-4-8-16/h6-7,10,15-16H,3-5,8-9,11H2,1-2H3. The van der Waals surface area contributed by atoms with Crippen LogP contribution < -0.4 is 14.8 Å². The second-order valence-corrected chi connectivity index (χ2v) is 4.03. The molecule has 4 heteroatoms. The first-order chi connectivity index (χ1) is 8.81. The molecule has 0 fully saturated rings. The lowest BCUT2D eigenvalue weighted by atomic mass is 10.2. The van der Waals surface area contributed by atoms with Gasteiger partial charge in [-0.15, -0.1) is 0 Å². The van der Waals surface area contributed by atoms with Crippen molar-refractivity contribution in [3.8, 4) is 11.5 Å². The molecule has 0 saturated heterocycles. The van der Waals surface area contributed by atoms with E-state index in [1.165, 1.54) is 0 Å². The summed E-state index contributed by atoms with van der Waals surface area (Å²) in [7, 11) is 1.65. The smallest absolute Gasteiger partial charge is 0.127 e. The van der Waals surface area contributed by atoms with E-state index in [0.717, 1.165) is 43.0 Å². The number of aliphatic hydroxyl groups is 1. The normalized spacial score (nSPS) is 10.4. The Kier molecular flexibility index (Phi) is 7.22. The average molecular weight is 253 g/mol. The molecule has 0 atom stereocenters. The van der Waals surface area contributed by atoms with Crippen molar-refractivity contribution in [3.05, 3.63) is 23.8 Å². The highest BCUT2D eigenvalue weighted by atomic mass is 16.5. The van der Waals surface area contributed by atoms with Gasteiger partial charge in [0.05, 0.1) is 13.7 Å². The van der Waals surface area contributed by atoms with E-state index in [1.54, 1.807) is 7.11 Å². The van der Waals surface area contributed by atoms with E-state index in [9.17, 15) is 0 Å². The molecule has 0 aliphatic heterocycles. The van der Waals surface area contributed by atoms with Gasteiger partial charge in [-0.05, 0) is 25.5 Å². The lowest BCUT2D eigenvalue weighted by Gasteiger charge is -2.13. The van der Waals surface area contributed by atoms with Crippen molar-refractivity contribution in [1.82, 2.24) is 5.32 Å². The Hall–Kier alpha value is -1.26. The minimum atomic E-state index is 0.214. The Bertz CT molecular complexity index is 342. The number of benzene rings is 1. The predicted molar refractivity (Wildman–Crippen MR) is 72.2 cm³/mol. The Morgan fingerprint density at radius 3 is 2.78 bits per heavy atom. The van der Waals surface area contributed by atoms with Crippen LogP contribution in [-0.4, -0.2) is 32.0 Å². The maximum absolute atomic E-state index is 8.73. The number of hydrogen-bond acceptors (Lipinski definition) is 4. The van der Waals surface area contributed by atoms with Crippen LogP contribution >= 0.6 is 0 Å². The molecular formula is C14H23NO3. The summed E-state index contributed by atoms with van der Waals surface area (Å²) < 4.78 is 10.9. The van der Waals surface area contributed by atoms with Gasteiger partial charge in [0.15, 0.2) is 0 Å². The zero-order valence-electron chi connectivity index (χ0n) is 11.2. The van der Waals surface area contributed by atoms with Crippen LogP contribution in [0.1, 0.15) is 25.3 Å². The van der Waals surface area contributed by atoms with Crippen LogP contribution in [0.25, 0.3) is 0 Å². The highest BCUT2D eigenvalue weighted by Gasteiger charge is 2.05. The molecule has 4 nitrogen and oxygen atoms in total. The number of unbranched alkanes of at least 4 members (excludes halogenated alkanes) is 1. The van der Waals surface area contributed by atoms with Gasteiger partial charge in [0.1, 0.15) is 11.5 Å². The molecule has 1 aromatic carbocycles. The van der Waals surface area contributed by atoms with Gasteiger partial charge in [-0.1, -0.05) is 13.0 Å². The molecule has 2 N–H and O–H groups in total. The molecule has 0 aliphatic carbocycles. The van der Waals surface area contributed by atoms with E-state index in [0.29, 0.717) is 6.61 Å². The summed E-state index contributed by atoms with van der Waals surface area (Å²) in [4.78, 5) is 0. The van der Waals surface area contributed by atoms with E-state index in [1.807, 2.05) is 18.2 Å². The van der Waals surface area contributed by atoms with Crippen LogP contribution in [0.5, 0.6) is 11.5 Å². The Morgan fingerprint density at radius 1 is 1.28 bits per heavy atom. The minimum Gasteiger partial charge on any atom is -0.497 e. The highest BCUT2D eigenvalue weighted by molar-refractivity contribution is 5.40. The average Bonchev–Trinajstić information content (AvgIpc) is 2.42. The first-order valence-corrected chi connectivity index (χ1v) is 6.43. The van der Waals surface area contributed by atoms with Crippen molar-refractivity contribution in [3.63, 3.8) is 0 Å². The number of hydrogen-bond donors (Lipinski definition) is 2. The van der Waals surface area contributed by atoms with Crippen LogP contribution in [0.4, 0.5) is 0 Å². The second kappa shape index (κ2) is 8.78. The molecule has 102 valence electrons. The molecular weight excluding hydrogens is 230 g/mol. The van der Waals surface area contributed by atoms with Crippen LogP contribution in [0.2, 0.25) is 0 Å². The summed E-state index contributed by atoms with van der Waals surface area (Å²) in [6.45, 7) is 4.62. The number of methoxy groups -OCH3 is 1. The van der Waals surface area contributed by atoms with E-state index in [4.69, 9.17) is 14.6 Å². The first kappa shape index (κ1) is 14.8. The molecule has 0 heterocycles. The van der Waals surface area contributed by atoms with E-state index in [2.05, 4.69) is 12.2 Å². The monoisotopic (exact) mass is 253 g/mol. The fraction of sp³-hybridized carbons (Fsp3) is 0.571. The SMILES string of the molecule is CCNCc1ccc(OC)cc1OCCCCO. The van der Waals surface area contributed by atoms with Crippen molar-refractivity contribution in [1.29, 1.82) is 0 Å². The zero-order chi connectivity index (χ0) is 13.2. The number of rotatable bonds is 9. The minimum absolute atomic E-state index is 0.214. The Morgan fingerprint density at radius 2 is 2.11 bits per heavy atom. The van der Waals surface area contributed by atoms with E-state index in [-0.39, 0.29) is 6.61 Å². The van der Waals surface area contributed by atoms with Crippen molar-refractivity contribution in [2.45, 2.75) is 26.3 Å². The van der Waals surface area contributed by atoms with Gasteiger partial charge >= 0.3 is 0 Å². The van der Waals surface area contributed by atoms with E-state index >= 15 is 0 Å². The number of aliphatic hydroxyl groups excluding tert-OH is 1. The molecule has 0 unspecified atom stereocenters. The maximum atomic E-state index is 8.73. The number of nitrogens with one attached hydrogen (secondary N) is 1. The fourth-order valence-electron chi connectivity index (χ4n) is 1.60. The molecule has 0 spiro atoms. The molecule has 0 saturated carbocycles. The third-order valence-electron chi connectivity index (χ3n) is 2.65. The Balaban J connectivity index is 2.63. The van der Waals surface area contributed by atoms with E-state index < -0.39 is 0 Å². The van der Waals surface area contributed by atoms with Crippen LogP contribution in [0, 0.1) is 0 Å². The van der Waals surface area contributed by atoms with Crippen LogP contribution in [0.3, 0.4) is 0 Å². The van der Waals surface area contributed by atoms with Gasteiger partial charge in [0.25, 0.3) is 0 Å². The van der Waals surface area contributed by atoms with Gasteiger partial charge in [0, 0.05) is 24.8 Å². The van der Waals surface area contributed by atoms with Crippen molar-refractivity contribution >= 4 is 0 Å². The second-order valence-electron chi connectivity index (χ2n) is 4.03. The molecule has 0 radical (unpaired) electrons. The quantitative estimate of drug-likeness (QED) is 0.661. The van der Waals surface area contributed by atoms with Gasteiger partial charge in [-0.25, -0.2) is 0 Å². The maximum Gasteiger partial charge on any atom is 0.127 e. The van der Waals surface area contributed by atoms with Crippen molar-refractivity contribution in [2.75, 3.05) is 26.9 Å². The third kappa shape index (κ3) is 4.94. The molecule has 0 aromatic heterocycles. The summed E-state index contributed by atoms with van der Waals surface area (Å²) in [5.74, 6) is 1.65. The summed E-state index contributed by atoms with van der Waals surface area (Å²) in [6.07, 6.45) is 1.63. The van der Waals surface area contributed by atoms with Gasteiger partial charge in [0.2, 0.25) is 0 Å². The topological polar surface area (TPSA) is 50.7 Å². The summed E-state index contributed by atoms with van der Waals surface area (Å²) in [5.41, 5.74) is 1.13. The van der Waals surface area contributed by atoms with Crippen molar-refractivity contribution < 1.29 is 14.6 Å². The zero-order valence-corrected chi connectivity index (χ0v) is 11.2. The fourth-order valence-corrected chi connectivity index (χ4v) is 1.60. The van der Waals surface area contributed by atoms with Gasteiger partial charge in [-0.2, -0.15) is 0 Å². The third-order valence-corrected chi connectivity index (χ3v) is 2.65.